The minimum absolute atomic E-state index is 0.0605. The predicted octanol–water partition coefficient (Wildman–Crippen LogP) is 4.77. The smallest absolute Gasteiger partial charge is 0.268 e. The average molecular weight is 633 g/mol. The molecule has 1 fully saturated rings. The minimum Gasteiger partial charge on any atom is -0.379 e. The van der Waals surface area contributed by atoms with Gasteiger partial charge in [0.2, 0.25) is 5.91 Å². The molecule has 3 aromatic rings. The fourth-order valence-electron chi connectivity index (χ4n) is 5.46. The number of fused-ring (bicyclic) bond motifs is 1. The molecule has 220 valence electrons. The van der Waals surface area contributed by atoms with Crippen LogP contribution in [0.25, 0.3) is 11.1 Å². The van der Waals surface area contributed by atoms with Gasteiger partial charge in [0.1, 0.15) is 19.6 Å². The first kappa shape index (κ1) is 30.1. The van der Waals surface area contributed by atoms with Gasteiger partial charge >= 0.3 is 0 Å². The van der Waals surface area contributed by atoms with Crippen LogP contribution in [0.5, 0.6) is 5.75 Å². The highest BCUT2D eigenvalue weighted by atomic mass is 35.5. The Morgan fingerprint density at radius 2 is 1.71 bits per heavy atom. The molecule has 2 aliphatic rings. The van der Waals surface area contributed by atoms with Crippen LogP contribution in [0, 0.1) is 0 Å². The normalized spacial score (nSPS) is 17.5. The lowest BCUT2D eigenvalue weighted by atomic mass is 9.92. The average Bonchev–Trinajstić information content (AvgIpc) is 2.98. The number of carbonyl (C=O) groups is 3. The molecule has 2 heterocycles. The van der Waals surface area contributed by atoms with Gasteiger partial charge in [-0.05, 0) is 34.9 Å². The number of hydroxylamine groups is 1. The maximum atomic E-state index is 13.7. The number of nitrogens with zero attached hydrogens (tertiary/aromatic N) is 2. The van der Waals surface area contributed by atoms with Crippen molar-refractivity contribution in [3.05, 3.63) is 86.4 Å². The van der Waals surface area contributed by atoms with Crippen LogP contribution in [0.2, 0.25) is 15.1 Å². The van der Waals surface area contributed by atoms with Crippen molar-refractivity contribution in [3.8, 4) is 16.9 Å². The Kier molecular flexibility index (Phi) is 8.96. The maximum Gasteiger partial charge on any atom is 0.268 e. The second-order valence-corrected chi connectivity index (χ2v) is 11.7. The predicted molar refractivity (Wildman–Crippen MR) is 160 cm³/mol. The van der Waals surface area contributed by atoms with Gasteiger partial charge in [0.25, 0.3) is 11.8 Å². The second kappa shape index (κ2) is 12.5. The van der Waals surface area contributed by atoms with Gasteiger partial charge in [0, 0.05) is 24.5 Å². The van der Waals surface area contributed by atoms with E-state index in [1.54, 1.807) is 30.3 Å². The van der Waals surface area contributed by atoms with Gasteiger partial charge in [-0.1, -0.05) is 65.1 Å². The molecule has 0 saturated carbocycles. The Morgan fingerprint density at radius 1 is 1.00 bits per heavy atom. The van der Waals surface area contributed by atoms with Gasteiger partial charge in [-0.25, -0.2) is 4.59 Å². The number of hydrogen-bond acceptors (Lipinski definition) is 5. The number of primary amides is 1. The third-order valence-corrected chi connectivity index (χ3v) is 9.03. The number of nitrogens with one attached hydrogen (secondary N) is 1. The lowest BCUT2D eigenvalue weighted by molar-refractivity contribution is -1.03. The number of halogens is 3. The van der Waals surface area contributed by atoms with Gasteiger partial charge < -0.3 is 15.3 Å². The van der Waals surface area contributed by atoms with Crippen molar-refractivity contribution < 1.29 is 28.6 Å². The Labute approximate surface area is 258 Å². The van der Waals surface area contributed by atoms with Crippen LogP contribution in [0.3, 0.4) is 0 Å². The maximum absolute atomic E-state index is 13.7. The molecule has 3 amide bonds. The number of quaternary nitrogens is 1. The first-order chi connectivity index (χ1) is 20.1. The number of rotatable bonds is 8. The Hall–Kier alpha value is -3.34. The molecule has 9 nitrogen and oxygen atoms in total. The zero-order valence-electron chi connectivity index (χ0n) is 22.9. The third kappa shape index (κ3) is 6.21. The van der Waals surface area contributed by atoms with E-state index in [2.05, 4.69) is 11.5 Å². The van der Waals surface area contributed by atoms with Crippen molar-refractivity contribution >= 4 is 52.5 Å². The molecule has 1 unspecified atom stereocenters. The van der Waals surface area contributed by atoms with Crippen LogP contribution in [0.4, 0.5) is 0 Å². The number of hydrogen-bond donors (Lipinski definition) is 2. The van der Waals surface area contributed by atoms with Crippen molar-refractivity contribution in [3.63, 3.8) is 0 Å². The van der Waals surface area contributed by atoms with Crippen LogP contribution >= 0.6 is 34.8 Å². The fourth-order valence-corrected chi connectivity index (χ4v) is 6.06. The second-order valence-electron chi connectivity index (χ2n) is 10.4. The van der Waals surface area contributed by atoms with Crippen LogP contribution in [-0.2, 0) is 20.7 Å². The molecular formula is C30H30Cl3N4O5+. The molecule has 1 atom stereocenters. The van der Waals surface area contributed by atoms with Gasteiger partial charge in [0.05, 0.1) is 46.8 Å². The van der Waals surface area contributed by atoms with Crippen LogP contribution in [0.1, 0.15) is 33.8 Å². The van der Waals surface area contributed by atoms with Gasteiger partial charge in [-0.15, -0.1) is 0 Å². The highest BCUT2D eigenvalue weighted by Crippen LogP contribution is 2.38. The number of nitrogens with two attached hydrogens (primary N) is 1. The molecule has 0 aromatic heterocycles. The highest BCUT2D eigenvalue weighted by molar-refractivity contribution is 6.42. The standard InChI is InChI=1S/C30H29Cl3N4O5/c1-36(28(38)16-23-22-15-25(32)26(33)17-27(22)42-35-30(23)40)37(9-11-41-12-10-37)8-7-18-3-2-4-19(13-18)20-5-6-21(29(34)39)24(31)14-20/h2-6,13-15,17,23H,7-12,16H2,1H3,(H2-,34,35,39,40)/p+1. The molecule has 12 heteroatoms. The minimum atomic E-state index is -0.774. The van der Waals surface area contributed by atoms with E-state index in [0.29, 0.717) is 65.2 Å². The van der Waals surface area contributed by atoms with Gasteiger partial charge in [0.15, 0.2) is 5.75 Å². The fraction of sp³-hybridized carbons (Fsp3) is 0.300. The molecular weight excluding hydrogens is 603 g/mol. The highest BCUT2D eigenvalue weighted by Gasteiger charge is 2.41. The van der Waals surface area contributed by atoms with E-state index < -0.39 is 17.7 Å². The van der Waals surface area contributed by atoms with Crippen LogP contribution in [0.15, 0.2) is 54.6 Å². The summed E-state index contributed by atoms with van der Waals surface area (Å²) in [4.78, 5) is 43.4. The summed E-state index contributed by atoms with van der Waals surface area (Å²) in [7, 11) is 1.78. The number of amides is 3. The largest absolute Gasteiger partial charge is 0.379 e. The van der Waals surface area contributed by atoms with E-state index in [1.165, 1.54) is 6.07 Å². The van der Waals surface area contributed by atoms with Crippen LogP contribution in [-0.4, -0.2) is 67.2 Å². The lowest BCUT2D eigenvalue weighted by Gasteiger charge is -2.46. The Balaban J connectivity index is 1.34. The molecule has 1 saturated heterocycles. The number of carbonyl (C=O) groups excluding carboxylic acids is 3. The van der Waals surface area contributed by atoms with Crippen molar-refractivity contribution in [1.29, 1.82) is 0 Å². The topological polar surface area (TPSA) is 111 Å². The van der Waals surface area contributed by atoms with E-state index in [-0.39, 0.29) is 22.9 Å². The summed E-state index contributed by atoms with van der Waals surface area (Å²) in [5, 5.41) is 2.61. The summed E-state index contributed by atoms with van der Waals surface area (Å²) in [5.74, 6) is -1.59. The quantitative estimate of drug-likeness (QED) is 0.348. The summed E-state index contributed by atoms with van der Waals surface area (Å²) >= 11 is 18.6. The molecule has 42 heavy (non-hydrogen) atoms. The van der Waals surface area contributed by atoms with Crippen molar-refractivity contribution in [2.75, 3.05) is 39.9 Å². The van der Waals surface area contributed by atoms with E-state index >= 15 is 0 Å². The zero-order chi connectivity index (χ0) is 30.0. The molecule has 2 aliphatic heterocycles. The van der Waals surface area contributed by atoms with E-state index in [1.807, 2.05) is 24.3 Å². The first-order valence-electron chi connectivity index (χ1n) is 13.4. The van der Waals surface area contributed by atoms with Crippen molar-refractivity contribution in [1.82, 2.24) is 10.5 Å². The lowest BCUT2D eigenvalue weighted by Crippen LogP contribution is -2.66. The summed E-state index contributed by atoms with van der Waals surface area (Å²) in [6, 6.07) is 16.4. The first-order valence-corrected chi connectivity index (χ1v) is 14.6. The van der Waals surface area contributed by atoms with Gasteiger partial charge in [-0.3, -0.25) is 14.4 Å². The van der Waals surface area contributed by atoms with Crippen molar-refractivity contribution in [2.24, 2.45) is 5.73 Å². The monoisotopic (exact) mass is 631 g/mol. The SMILES string of the molecule is CN(C(=O)CC1C(=O)NOc2cc(Cl)c(Cl)cc21)[N+]1(CCc2cccc(-c3ccc(C(N)=O)c(Cl)c3)c2)CCOCC1. The molecule has 0 aliphatic carbocycles. The summed E-state index contributed by atoms with van der Waals surface area (Å²) < 4.78 is 6.04. The Morgan fingerprint density at radius 3 is 2.43 bits per heavy atom. The van der Waals surface area contributed by atoms with Crippen LogP contribution < -0.4 is 16.1 Å². The van der Waals surface area contributed by atoms with Gasteiger partial charge in [-0.2, -0.15) is 10.5 Å². The van der Waals surface area contributed by atoms with Crippen molar-refractivity contribution in [2.45, 2.75) is 18.8 Å². The number of ether oxygens (including phenoxy) is 1. The molecule has 3 N–H and O–H groups in total. The molecule has 5 rings (SSSR count). The van der Waals surface area contributed by atoms with E-state index in [0.717, 1.165) is 16.7 Å². The van der Waals surface area contributed by atoms with E-state index in [9.17, 15) is 14.4 Å². The Bertz CT molecular complexity index is 1540. The summed E-state index contributed by atoms with van der Waals surface area (Å²) in [5.41, 5.74) is 11.5. The zero-order valence-corrected chi connectivity index (χ0v) is 25.1. The molecule has 0 radical (unpaired) electrons. The summed E-state index contributed by atoms with van der Waals surface area (Å²) in [6.07, 6.45) is 0.627. The third-order valence-electron chi connectivity index (χ3n) is 8.00. The summed E-state index contributed by atoms with van der Waals surface area (Å²) in [6.45, 7) is 2.90. The van der Waals surface area contributed by atoms with E-state index in [4.69, 9.17) is 50.1 Å². The molecule has 0 bridgehead atoms. The number of morpholine rings is 1. The molecule has 3 aromatic carbocycles. The molecule has 0 spiro atoms. The number of benzene rings is 3.